The highest BCUT2D eigenvalue weighted by atomic mass is 15.2. The van der Waals surface area contributed by atoms with Crippen LogP contribution in [0, 0.1) is 0 Å². The van der Waals surface area contributed by atoms with Gasteiger partial charge in [0, 0.05) is 38.8 Å². The van der Waals surface area contributed by atoms with Crippen LogP contribution in [0.2, 0.25) is 0 Å². The minimum Gasteiger partial charge on any atom is -0.310 e. The SMILES string of the molecule is c1ccc(-c2nc(-n3c4ccccc4c4c5ccccc5c(-c5ccc6cc(-c7cccc(N(c8ccccc8)c8ccccc8)c7)ccc6c5)cc43)nc3ccccc23)cc1. The molecule has 0 amide bonds. The maximum atomic E-state index is 5.37. The number of fused-ring (bicyclic) bond motifs is 7. The van der Waals surface area contributed by atoms with Gasteiger partial charge in [-0.3, -0.25) is 4.57 Å². The molecule has 4 nitrogen and oxygen atoms in total. The molecular formula is C58H38N4. The van der Waals surface area contributed by atoms with Crippen LogP contribution in [0.25, 0.3) is 93.7 Å². The fourth-order valence-corrected chi connectivity index (χ4v) is 9.28. The van der Waals surface area contributed by atoms with Gasteiger partial charge < -0.3 is 4.90 Å². The molecule has 2 heterocycles. The monoisotopic (exact) mass is 790 g/mol. The Morgan fingerprint density at radius 1 is 0.339 bits per heavy atom. The van der Waals surface area contributed by atoms with Crippen LogP contribution >= 0.6 is 0 Å². The highest BCUT2D eigenvalue weighted by molar-refractivity contribution is 6.24. The molecule has 0 saturated carbocycles. The molecule has 0 unspecified atom stereocenters. The Bertz CT molecular complexity index is 3590. The van der Waals surface area contributed by atoms with E-state index in [1.54, 1.807) is 0 Å². The van der Waals surface area contributed by atoms with Crippen molar-refractivity contribution >= 4 is 71.3 Å². The Labute approximate surface area is 359 Å². The fourth-order valence-electron chi connectivity index (χ4n) is 9.28. The molecule has 0 saturated heterocycles. The summed E-state index contributed by atoms with van der Waals surface area (Å²) in [6.07, 6.45) is 0. The average molecular weight is 791 g/mol. The lowest BCUT2D eigenvalue weighted by Gasteiger charge is -2.26. The molecular weight excluding hydrogens is 753 g/mol. The molecule has 2 aromatic heterocycles. The number of benzene rings is 10. The van der Waals surface area contributed by atoms with Gasteiger partial charge in [0.25, 0.3) is 0 Å². The molecule has 0 N–H and O–H groups in total. The van der Waals surface area contributed by atoms with Crippen LogP contribution in [0.1, 0.15) is 0 Å². The molecule has 290 valence electrons. The van der Waals surface area contributed by atoms with Gasteiger partial charge in [0.05, 0.1) is 22.2 Å². The van der Waals surface area contributed by atoms with E-state index in [4.69, 9.17) is 9.97 Å². The second kappa shape index (κ2) is 14.7. The van der Waals surface area contributed by atoms with E-state index in [0.29, 0.717) is 5.95 Å². The van der Waals surface area contributed by atoms with Crippen LogP contribution in [0.15, 0.2) is 231 Å². The number of aromatic nitrogens is 3. The zero-order valence-corrected chi connectivity index (χ0v) is 33.7. The van der Waals surface area contributed by atoms with Crippen molar-refractivity contribution < 1.29 is 0 Å². The van der Waals surface area contributed by atoms with Crippen molar-refractivity contribution in [1.29, 1.82) is 0 Å². The van der Waals surface area contributed by atoms with Crippen molar-refractivity contribution in [2.75, 3.05) is 4.90 Å². The van der Waals surface area contributed by atoms with Crippen LogP contribution in [0.4, 0.5) is 17.1 Å². The van der Waals surface area contributed by atoms with E-state index in [-0.39, 0.29) is 0 Å². The maximum absolute atomic E-state index is 5.37. The van der Waals surface area contributed by atoms with Gasteiger partial charge in [-0.05, 0) is 111 Å². The van der Waals surface area contributed by atoms with Crippen LogP contribution in [-0.4, -0.2) is 14.5 Å². The van der Waals surface area contributed by atoms with E-state index < -0.39 is 0 Å². The van der Waals surface area contributed by atoms with E-state index in [0.717, 1.165) is 55.8 Å². The topological polar surface area (TPSA) is 34.0 Å². The molecule has 12 aromatic rings. The number of rotatable bonds is 7. The maximum Gasteiger partial charge on any atom is 0.235 e. The highest BCUT2D eigenvalue weighted by Crippen LogP contribution is 2.43. The van der Waals surface area contributed by atoms with Gasteiger partial charge >= 0.3 is 0 Å². The lowest BCUT2D eigenvalue weighted by Crippen LogP contribution is -2.09. The minimum absolute atomic E-state index is 0.653. The molecule has 0 radical (unpaired) electrons. The van der Waals surface area contributed by atoms with E-state index in [1.807, 2.05) is 6.07 Å². The number of hydrogen-bond acceptors (Lipinski definition) is 3. The first-order chi connectivity index (χ1) is 30.7. The summed E-state index contributed by atoms with van der Waals surface area (Å²) >= 11 is 0. The molecule has 0 fully saturated rings. The molecule has 10 aromatic carbocycles. The van der Waals surface area contributed by atoms with E-state index in [9.17, 15) is 0 Å². The van der Waals surface area contributed by atoms with Gasteiger partial charge in [-0.25, -0.2) is 9.97 Å². The number of anilines is 3. The second-order valence-corrected chi connectivity index (χ2v) is 15.8. The van der Waals surface area contributed by atoms with E-state index >= 15 is 0 Å². The Balaban J connectivity index is 1.00. The van der Waals surface area contributed by atoms with Crippen molar-refractivity contribution in [3.63, 3.8) is 0 Å². The lowest BCUT2D eigenvalue weighted by molar-refractivity contribution is 1.01. The third-order valence-electron chi connectivity index (χ3n) is 12.1. The summed E-state index contributed by atoms with van der Waals surface area (Å²) in [7, 11) is 0. The quantitative estimate of drug-likeness (QED) is 0.161. The molecule has 0 spiro atoms. The van der Waals surface area contributed by atoms with Gasteiger partial charge in [0.2, 0.25) is 5.95 Å². The van der Waals surface area contributed by atoms with Gasteiger partial charge in [-0.1, -0.05) is 164 Å². The standard InChI is InChI=1S/C58H38N4/c1-4-17-39(18-5-1)57-50-27-12-14-29-53(50)59-58(60-57)62-54-30-15-13-28-51(54)56-49-26-11-10-25-48(49)52(38-55(56)62)44-34-33-42-35-41(31-32-43(42)36-44)40-19-16-24-47(37-40)61(45-20-6-2-7-21-45)46-22-8-3-9-23-46/h1-38H. The zero-order chi connectivity index (χ0) is 41.0. The summed E-state index contributed by atoms with van der Waals surface area (Å²) in [5.74, 6) is 0.653. The first-order valence-electron chi connectivity index (χ1n) is 21.1. The molecule has 0 aliphatic heterocycles. The molecule has 0 aliphatic rings. The minimum atomic E-state index is 0.653. The molecule has 62 heavy (non-hydrogen) atoms. The van der Waals surface area contributed by atoms with Gasteiger partial charge in [0.15, 0.2) is 0 Å². The number of para-hydroxylation sites is 4. The van der Waals surface area contributed by atoms with Crippen molar-refractivity contribution in [2.45, 2.75) is 0 Å². The lowest BCUT2D eigenvalue weighted by atomic mass is 9.93. The zero-order valence-electron chi connectivity index (χ0n) is 33.7. The summed E-state index contributed by atoms with van der Waals surface area (Å²) in [5, 5.41) is 8.20. The molecule has 4 heteroatoms. The van der Waals surface area contributed by atoms with Gasteiger partial charge in [0.1, 0.15) is 0 Å². The number of hydrogen-bond donors (Lipinski definition) is 0. The largest absolute Gasteiger partial charge is 0.310 e. The molecule has 0 bridgehead atoms. The summed E-state index contributed by atoms with van der Waals surface area (Å²) < 4.78 is 2.26. The highest BCUT2D eigenvalue weighted by Gasteiger charge is 2.21. The summed E-state index contributed by atoms with van der Waals surface area (Å²) in [5.41, 5.74) is 13.1. The predicted molar refractivity (Wildman–Crippen MR) is 260 cm³/mol. The average Bonchev–Trinajstić information content (AvgIpc) is 3.69. The normalized spacial score (nSPS) is 11.5. The summed E-state index contributed by atoms with van der Waals surface area (Å²) in [6.45, 7) is 0. The van der Waals surface area contributed by atoms with Crippen LogP contribution < -0.4 is 4.90 Å². The molecule has 0 atom stereocenters. The van der Waals surface area contributed by atoms with Gasteiger partial charge in [-0.2, -0.15) is 0 Å². The van der Waals surface area contributed by atoms with Gasteiger partial charge in [-0.15, -0.1) is 0 Å². The third kappa shape index (κ3) is 6.00. The summed E-state index contributed by atoms with van der Waals surface area (Å²) in [4.78, 5) is 12.9. The van der Waals surface area contributed by atoms with E-state index in [2.05, 4.69) is 234 Å². The van der Waals surface area contributed by atoms with Crippen LogP contribution in [0.5, 0.6) is 0 Å². The number of nitrogens with zero attached hydrogens (tertiary/aromatic N) is 4. The Morgan fingerprint density at radius 3 is 1.63 bits per heavy atom. The first-order valence-corrected chi connectivity index (χ1v) is 21.1. The van der Waals surface area contributed by atoms with Crippen molar-refractivity contribution in [1.82, 2.24) is 14.5 Å². The predicted octanol–water partition coefficient (Wildman–Crippen LogP) is 15.5. The van der Waals surface area contributed by atoms with Crippen molar-refractivity contribution in [3.05, 3.63) is 231 Å². The van der Waals surface area contributed by atoms with Crippen LogP contribution in [-0.2, 0) is 0 Å². The Kier molecular flexibility index (Phi) is 8.46. The summed E-state index contributed by atoms with van der Waals surface area (Å²) in [6, 6.07) is 82.2. The Morgan fingerprint density at radius 2 is 0.887 bits per heavy atom. The van der Waals surface area contributed by atoms with Crippen molar-refractivity contribution in [3.8, 4) is 39.5 Å². The third-order valence-corrected chi connectivity index (χ3v) is 12.1. The molecule has 12 rings (SSSR count). The first kappa shape index (κ1) is 35.6. The molecule has 0 aliphatic carbocycles. The van der Waals surface area contributed by atoms with Crippen molar-refractivity contribution in [2.24, 2.45) is 0 Å². The Hall–Kier alpha value is -8.34. The van der Waals surface area contributed by atoms with E-state index in [1.165, 1.54) is 49.0 Å². The smallest absolute Gasteiger partial charge is 0.235 e. The fraction of sp³-hybridized carbons (Fsp3) is 0. The second-order valence-electron chi connectivity index (χ2n) is 15.8. The van der Waals surface area contributed by atoms with Crippen LogP contribution in [0.3, 0.4) is 0 Å².